The highest BCUT2D eigenvalue weighted by molar-refractivity contribution is 5.68. The van der Waals surface area contributed by atoms with Gasteiger partial charge in [-0.2, -0.15) is 0 Å². The average Bonchev–Trinajstić information content (AvgIpc) is 2.61. The van der Waals surface area contributed by atoms with Gasteiger partial charge in [-0.15, -0.1) is 0 Å². The third-order valence-corrected chi connectivity index (χ3v) is 4.91. The molecule has 0 saturated carbocycles. The van der Waals surface area contributed by atoms with Gasteiger partial charge in [0.15, 0.2) is 0 Å². The second-order valence-electron chi connectivity index (χ2n) is 6.65. The Labute approximate surface area is 148 Å². The van der Waals surface area contributed by atoms with Crippen LogP contribution < -0.4 is 4.74 Å². The molecule has 25 heavy (non-hydrogen) atoms. The van der Waals surface area contributed by atoms with Crippen molar-refractivity contribution in [3.05, 3.63) is 64.2 Å². The van der Waals surface area contributed by atoms with Gasteiger partial charge in [0.25, 0.3) is 0 Å². The minimum atomic E-state index is -0.916. The monoisotopic (exact) mass is 340 g/mol. The molecule has 2 aromatic rings. The molecule has 0 aliphatic heterocycles. The summed E-state index contributed by atoms with van der Waals surface area (Å²) in [6, 6.07) is 12.4. The van der Waals surface area contributed by atoms with Gasteiger partial charge in [-0.05, 0) is 73.1 Å². The highest BCUT2D eigenvalue weighted by Gasteiger charge is 2.20. The second kappa shape index (κ2) is 7.70. The standard InChI is InChI=1S/C21H24O4/c1-14-4-3-5-18(15(14)2)12-24-19-8-6-17-11-20(25-13-21(22)23)9-7-16(17)10-19/h3-6,8,10,20H,7,9,11-13H2,1-2H3,(H,22,23). The van der Waals surface area contributed by atoms with E-state index in [9.17, 15) is 4.79 Å². The van der Waals surface area contributed by atoms with Crippen LogP contribution >= 0.6 is 0 Å². The van der Waals surface area contributed by atoms with Crippen LogP contribution in [0.15, 0.2) is 36.4 Å². The third-order valence-electron chi connectivity index (χ3n) is 4.91. The van der Waals surface area contributed by atoms with Crippen LogP contribution in [0.2, 0.25) is 0 Å². The molecule has 0 heterocycles. The van der Waals surface area contributed by atoms with Crippen LogP contribution in [0.1, 0.15) is 34.2 Å². The van der Waals surface area contributed by atoms with E-state index in [1.165, 1.54) is 27.8 Å². The smallest absolute Gasteiger partial charge is 0.329 e. The lowest BCUT2D eigenvalue weighted by atomic mass is 9.89. The second-order valence-corrected chi connectivity index (χ2v) is 6.65. The number of rotatable bonds is 6. The van der Waals surface area contributed by atoms with E-state index >= 15 is 0 Å². The molecule has 0 bridgehead atoms. The Bertz CT molecular complexity index is 766. The van der Waals surface area contributed by atoms with Crippen molar-refractivity contribution in [1.29, 1.82) is 0 Å². The molecule has 1 atom stereocenters. The molecule has 0 spiro atoms. The number of carbonyl (C=O) groups is 1. The summed E-state index contributed by atoms with van der Waals surface area (Å²) < 4.78 is 11.4. The fraction of sp³-hybridized carbons (Fsp3) is 0.381. The molecule has 2 aromatic carbocycles. The van der Waals surface area contributed by atoms with Gasteiger partial charge in [-0.25, -0.2) is 4.79 Å². The minimum Gasteiger partial charge on any atom is -0.489 e. The maximum absolute atomic E-state index is 10.6. The van der Waals surface area contributed by atoms with Gasteiger partial charge in [0.05, 0.1) is 6.10 Å². The van der Waals surface area contributed by atoms with Gasteiger partial charge in [0, 0.05) is 0 Å². The summed E-state index contributed by atoms with van der Waals surface area (Å²) in [5.74, 6) is -0.0365. The number of fused-ring (bicyclic) bond motifs is 1. The van der Waals surface area contributed by atoms with Gasteiger partial charge in [0.1, 0.15) is 19.0 Å². The zero-order valence-electron chi connectivity index (χ0n) is 14.7. The quantitative estimate of drug-likeness (QED) is 0.868. The molecule has 0 radical (unpaired) electrons. The van der Waals surface area contributed by atoms with Crippen LogP contribution in [0.4, 0.5) is 0 Å². The van der Waals surface area contributed by atoms with Crippen molar-refractivity contribution in [2.45, 2.75) is 45.8 Å². The Morgan fingerprint density at radius 3 is 2.84 bits per heavy atom. The lowest BCUT2D eigenvalue weighted by molar-refractivity contribution is -0.144. The van der Waals surface area contributed by atoms with Crippen LogP contribution in [0.25, 0.3) is 0 Å². The predicted octanol–water partition coefficient (Wildman–Crippen LogP) is 3.84. The first-order chi connectivity index (χ1) is 12.0. The summed E-state index contributed by atoms with van der Waals surface area (Å²) in [6.07, 6.45) is 2.49. The Hall–Kier alpha value is -2.33. The molecule has 1 N–H and O–H groups in total. The zero-order chi connectivity index (χ0) is 17.8. The molecule has 4 heteroatoms. The Morgan fingerprint density at radius 2 is 2.04 bits per heavy atom. The molecule has 0 saturated heterocycles. The molecule has 1 unspecified atom stereocenters. The largest absolute Gasteiger partial charge is 0.489 e. The number of aryl methyl sites for hydroxylation is 2. The van der Waals surface area contributed by atoms with Crippen molar-refractivity contribution in [3.63, 3.8) is 0 Å². The molecule has 1 aliphatic carbocycles. The lowest BCUT2D eigenvalue weighted by Crippen LogP contribution is -2.25. The van der Waals surface area contributed by atoms with E-state index in [2.05, 4.69) is 44.2 Å². The first kappa shape index (κ1) is 17.5. The van der Waals surface area contributed by atoms with E-state index < -0.39 is 5.97 Å². The number of ether oxygens (including phenoxy) is 2. The molecular weight excluding hydrogens is 316 g/mol. The number of carboxylic acid groups (broad SMARTS) is 1. The summed E-state index contributed by atoms with van der Waals surface area (Å²) in [5.41, 5.74) is 6.26. The van der Waals surface area contributed by atoms with Gasteiger partial charge >= 0.3 is 5.97 Å². The molecule has 132 valence electrons. The van der Waals surface area contributed by atoms with Crippen LogP contribution in [0, 0.1) is 13.8 Å². The molecule has 0 aromatic heterocycles. The van der Waals surface area contributed by atoms with E-state index in [-0.39, 0.29) is 12.7 Å². The van der Waals surface area contributed by atoms with Gasteiger partial charge in [0.2, 0.25) is 0 Å². The van der Waals surface area contributed by atoms with Crippen LogP contribution in [0.3, 0.4) is 0 Å². The first-order valence-corrected chi connectivity index (χ1v) is 8.66. The van der Waals surface area contributed by atoms with Gasteiger partial charge < -0.3 is 14.6 Å². The van der Waals surface area contributed by atoms with E-state index in [4.69, 9.17) is 14.6 Å². The Morgan fingerprint density at radius 1 is 1.20 bits per heavy atom. The molecule has 0 fully saturated rings. The molecule has 3 rings (SSSR count). The minimum absolute atomic E-state index is 0.00897. The van der Waals surface area contributed by atoms with Crippen molar-refractivity contribution in [3.8, 4) is 5.75 Å². The Balaban J connectivity index is 1.62. The number of hydrogen-bond donors (Lipinski definition) is 1. The summed E-state index contributed by atoms with van der Waals surface area (Å²) in [7, 11) is 0. The van der Waals surface area contributed by atoms with Crippen LogP contribution in [-0.4, -0.2) is 23.8 Å². The lowest BCUT2D eigenvalue weighted by Gasteiger charge is -2.24. The number of carboxylic acids is 1. The normalized spacial score (nSPS) is 16.3. The summed E-state index contributed by atoms with van der Waals surface area (Å²) in [4.78, 5) is 10.6. The molecular formula is C21H24O4. The Kier molecular flexibility index (Phi) is 5.39. The summed E-state index contributed by atoms with van der Waals surface area (Å²) in [6.45, 7) is 4.58. The topological polar surface area (TPSA) is 55.8 Å². The highest BCUT2D eigenvalue weighted by atomic mass is 16.5. The van der Waals surface area contributed by atoms with Crippen molar-refractivity contribution < 1.29 is 19.4 Å². The van der Waals surface area contributed by atoms with Crippen molar-refractivity contribution in [1.82, 2.24) is 0 Å². The van der Waals surface area contributed by atoms with Crippen molar-refractivity contribution >= 4 is 5.97 Å². The van der Waals surface area contributed by atoms with Crippen LogP contribution in [0.5, 0.6) is 5.75 Å². The summed E-state index contributed by atoms with van der Waals surface area (Å²) >= 11 is 0. The number of benzene rings is 2. The van der Waals surface area contributed by atoms with Crippen molar-refractivity contribution in [2.24, 2.45) is 0 Å². The van der Waals surface area contributed by atoms with Crippen molar-refractivity contribution in [2.75, 3.05) is 6.61 Å². The summed E-state index contributed by atoms with van der Waals surface area (Å²) in [5, 5.41) is 8.72. The maximum Gasteiger partial charge on any atom is 0.329 e. The predicted molar refractivity (Wildman–Crippen MR) is 96.1 cm³/mol. The average molecular weight is 340 g/mol. The van der Waals surface area contributed by atoms with Gasteiger partial charge in [-0.3, -0.25) is 0 Å². The number of hydrogen-bond acceptors (Lipinski definition) is 3. The fourth-order valence-electron chi connectivity index (χ4n) is 3.25. The van der Waals surface area contributed by atoms with E-state index in [1.54, 1.807) is 0 Å². The third kappa shape index (κ3) is 4.40. The maximum atomic E-state index is 10.6. The molecule has 4 nitrogen and oxygen atoms in total. The first-order valence-electron chi connectivity index (χ1n) is 8.66. The highest BCUT2D eigenvalue weighted by Crippen LogP contribution is 2.27. The molecule has 0 amide bonds. The van der Waals surface area contributed by atoms with Gasteiger partial charge in [-0.1, -0.05) is 24.3 Å². The zero-order valence-corrected chi connectivity index (χ0v) is 14.7. The number of aliphatic carboxylic acids is 1. The van der Waals surface area contributed by atoms with Crippen LogP contribution in [-0.2, 0) is 29.0 Å². The van der Waals surface area contributed by atoms with E-state index in [0.717, 1.165) is 25.0 Å². The van der Waals surface area contributed by atoms with E-state index in [0.29, 0.717) is 6.61 Å². The fourth-order valence-corrected chi connectivity index (χ4v) is 3.25. The molecule has 1 aliphatic rings. The van der Waals surface area contributed by atoms with E-state index in [1.807, 2.05) is 6.07 Å². The SMILES string of the molecule is Cc1cccc(COc2ccc3c(c2)CCC(OCC(=O)O)C3)c1C.